The minimum Gasteiger partial charge on any atom is -0.385 e. The quantitative estimate of drug-likeness (QED) is 0.665. The largest absolute Gasteiger partial charge is 0.385 e. The minimum atomic E-state index is -2.96. The molecule has 1 saturated heterocycles. The van der Waals surface area contributed by atoms with Gasteiger partial charge < -0.3 is 4.74 Å². The first-order chi connectivity index (χ1) is 7.04. The van der Waals surface area contributed by atoms with Crippen molar-refractivity contribution in [3.63, 3.8) is 0 Å². The zero-order valence-electron chi connectivity index (χ0n) is 9.03. The molecule has 1 unspecified atom stereocenters. The number of rotatable bonds is 5. The second-order valence-electron chi connectivity index (χ2n) is 4.18. The summed E-state index contributed by atoms with van der Waals surface area (Å²) in [5, 5.41) is 9.06. The topological polar surface area (TPSA) is 67.2 Å². The Hall–Kier alpha value is -0.600. The summed E-state index contributed by atoms with van der Waals surface area (Å²) < 4.78 is 27.5. The lowest BCUT2D eigenvalue weighted by atomic mass is 9.84. The van der Waals surface area contributed by atoms with Crippen molar-refractivity contribution >= 4 is 9.84 Å². The van der Waals surface area contributed by atoms with Crippen molar-refractivity contribution in [1.29, 1.82) is 5.26 Å². The first-order valence-electron chi connectivity index (χ1n) is 5.14. The van der Waals surface area contributed by atoms with Gasteiger partial charge in [-0.15, -0.1) is 0 Å². The predicted molar refractivity (Wildman–Crippen MR) is 57.0 cm³/mol. The van der Waals surface area contributed by atoms with Gasteiger partial charge in [0.05, 0.1) is 23.0 Å². The van der Waals surface area contributed by atoms with Crippen molar-refractivity contribution < 1.29 is 13.2 Å². The van der Waals surface area contributed by atoms with Crippen LogP contribution >= 0.6 is 0 Å². The van der Waals surface area contributed by atoms with Gasteiger partial charge in [-0.1, -0.05) is 0 Å². The molecule has 0 aromatic rings. The van der Waals surface area contributed by atoms with Gasteiger partial charge in [0, 0.05) is 13.7 Å². The fourth-order valence-electron chi connectivity index (χ4n) is 1.97. The molecule has 1 heterocycles. The molecule has 0 N–H and O–H groups in total. The normalized spacial score (nSPS) is 28.8. The lowest BCUT2D eigenvalue weighted by molar-refractivity contribution is 0.188. The van der Waals surface area contributed by atoms with Crippen LogP contribution in [-0.2, 0) is 14.6 Å². The highest BCUT2D eigenvalue weighted by Gasteiger charge is 2.41. The van der Waals surface area contributed by atoms with Crippen molar-refractivity contribution in [2.45, 2.75) is 25.7 Å². The molecule has 0 bridgehead atoms. The zero-order valence-corrected chi connectivity index (χ0v) is 9.85. The van der Waals surface area contributed by atoms with Crippen molar-refractivity contribution in [2.24, 2.45) is 5.41 Å². The molecule has 0 spiro atoms. The van der Waals surface area contributed by atoms with Gasteiger partial charge in [-0.25, -0.2) is 8.42 Å². The van der Waals surface area contributed by atoms with Gasteiger partial charge in [-0.05, 0) is 25.7 Å². The first-order valence-corrected chi connectivity index (χ1v) is 6.96. The number of sulfone groups is 1. The third-order valence-electron chi connectivity index (χ3n) is 2.88. The van der Waals surface area contributed by atoms with E-state index in [0.29, 0.717) is 19.4 Å². The highest BCUT2D eigenvalue weighted by atomic mass is 32.2. The Balaban J connectivity index is 2.47. The van der Waals surface area contributed by atoms with E-state index in [1.807, 2.05) is 0 Å². The van der Waals surface area contributed by atoms with Crippen LogP contribution in [0.25, 0.3) is 0 Å². The van der Waals surface area contributed by atoms with Crippen LogP contribution in [0.5, 0.6) is 0 Å². The van der Waals surface area contributed by atoms with Crippen LogP contribution in [0, 0.1) is 16.7 Å². The van der Waals surface area contributed by atoms with Crippen LogP contribution in [0.2, 0.25) is 0 Å². The van der Waals surface area contributed by atoms with Gasteiger partial charge in [0.15, 0.2) is 9.84 Å². The Morgan fingerprint density at radius 1 is 1.47 bits per heavy atom. The fraction of sp³-hybridized carbons (Fsp3) is 0.900. The molecule has 4 nitrogen and oxygen atoms in total. The number of methoxy groups -OCH3 is 1. The summed E-state index contributed by atoms with van der Waals surface area (Å²) >= 11 is 0. The van der Waals surface area contributed by atoms with E-state index >= 15 is 0 Å². The summed E-state index contributed by atoms with van der Waals surface area (Å²) in [7, 11) is -1.32. The van der Waals surface area contributed by atoms with Crippen LogP contribution in [0.15, 0.2) is 0 Å². The second kappa shape index (κ2) is 4.95. The molecule has 15 heavy (non-hydrogen) atoms. The van der Waals surface area contributed by atoms with E-state index in [1.165, 1.54) is 0 Å². The van der Waals surface area contributed by atoms with Crippen LogP contribution in [0.3, 0.4) is 0 Å². The summed E-state index contributed by atoms with van der Waals surface area (Å²) in [4.78, 5) is 0. The Labute approximate surface area is 91.1 Å². The maximum Gasteiger partial charge on any atom is 0.151 e. The van der Waals surface area contributed by atoms with E-state index in [0.717, 1.165) is 12.8 Å². The average Bonchev–Trinajstić information content (AvgIpc) is 2.50. The number of unbranched alkanes of at least 4 members (excludes halogenated alkanes) is 1. The van der Waals surface area contributed by atoms with Gasteiger partial charge in [0.1, 0.15) is 0 Å². The maximum absolute atomic E-state index is 11.3. The van der Waals surface area contributed by atoms with Crippen molar-refractivity contribution in [3.8, 4) is 6.07 Å². The number of hydrogen-bond acceptors (Lipinski definition) is 4. The fourth-order valence-corrected chi connectivity index (χ4v) is 4.01. The van der Waals surface area contributed by atoms with Crippen LogP contribution in [0.1, 0.15) is 25.7 Å². The summed E-state index contributed by atoms with van der Waals surface area (Å²) in [6.45, 7) is 0.675. The molecule has 0 amide bonds. The molecular weight excluding hydrogens is 214 g/mol. The SMILES string of the molecule is COCCCCC1(C#N)CCS(=O)(=O)C1. The summed E-state index contributed by atoms with van der Waals surface area (Å²) in [5.41, 5.74) is -0.618. The molecule has 5 heteroatoms. The van der Waals surface area contributed by atoms with E-state index in [9.17, 15) is 8.42 Å². The molecule has 1 fully saturated rings. The Bertz CT molecular complexity index is 344. The third-order valence-corrected chi connectivity index (χ3v) is 4.70. The summed E-state index contributed by atoms with van der Waals surface area (Å²) in [6.07, 6.45) is 2.92. The van der Waals surface area contributed by atoms with Crippen molar-refractivity contribution in [3.05, 3.63) is 0 Å². The maximum atomic E-state index is 11.3. The van der Waals surface area contributed by atoms with Gasteiger partial charge in [-0.3, -0.25) is 0 Å². The Morgan fingerprint density at radius 3 is 2.67 bits per heavy atom. The molecule has 86 valence electrons. The van der Waals surface area contributed by atoms with Gasteiger partial charge in [0.25, 0.3) is 0 Å². The molecule has 1 aliphatic heterocycles. The zero-order chi connectivity index (χ0) is 11.4. The Morgan fingerprint density at radius 2 is 2.20 bits per heavy atom. The molecule has 1 aliphatic rings. The molecular formula is C10H17NO3S. The lowest BCUT2D eigenvalue weighted by Crippen LogP contribution is -2.20. The third kappa shape index (κ3) is 3.47. The van der Waals surface area contributed by atoms with Crippen LogP contribution in [-0.4, -0.2) is 33.6 Å². The average molecular weight is 231 g/mol. The van der Waals surface area contributed by atoms with E-state index in [2.05, 4.69) is 6.07 Å². The predicted octanol–water partition coefficient (Wildman–Crippen LogP) is 1.13. The van der Waals surface area contributed by atoms with Crippen LogP contribution in [0.4, 0.5) is 0 Å². The number of nitrogens with zero attached hydrogens (tertiary/aromatic N) is 1. The molecule has 0 saturated carbocycles. The molecule has 0 radical (unpaired) electrons. The number of hydrogen-bond donors (Lipinski definition) is 0. The monoisotopic (exact) mass is 231 g/mol. The highest BCUT2D eigenvalue weighted by Crippen LogP contribution is 2.36. The van der Waals surface area contributed by atoms with E-state index in [4.69, 9.17) is 10.00 Å². The number of nitriles is 1. The van der Waals surface area contributed by atoms with Crippen LogP contribution < -0.4 is 0 Å². The summed E-state index contributed by atoms with van der Waals surface area (Å²) in [6, 6.07) is 2.19. The lowest BCUT2D eigenvalue weighted by Gasteiger charge is -2.17. The first kappa shape index (κ1) is 12.5. The standard InChI is InChI=1S/C10H17NO3S/c1-14-6-3-2-4-10(8-11)5-7-15(12,13)9-10/h2-7,9H2,1H3. The van der Waals surface area contributed by atoms with E-state index in [-0.39, 0.29) is 11.5 Å². The Kier molecular flexibility index (Phi) is 4.12. The molecule has 0 aromatic carbocycles. The molecule has 1 rings (SSSR count). The smallest absolute Gasteiger partial charge is 0.151 e. The van der Waals surface area contributed by atoms with Gasteiger partial charge in [0.2, 0.25) is 0 Å². The number of ether oxygens (including phenoxy) is 1. The van der Waals surface area contributed by atoms with Gasteiger partial charge >= 0.3 is 0 Å². The van der Waals surface area contributed by atoms with Crippen molar-refractivity contribution in [2.75, 3.05) is 25.2 Å². The molecule has 0 aliphatic carbocycles. The second-order valence-corrected chi connectivity index (χ2v) is 6.37. The minimum absolute atomic E-state index is 0.0451. The molecule has 0 aromatic heterocycles. The summed E-state index contributed by atoms with van der Waals surface area (Å²) in [5.74, 6) is 0.217. The van der Waals surface area contributed by atoms with Gasteiger partial charge in [-0.2, -0.15) is 5.26 Å². The molecule has 1 atom stereocenters. The highest BCUT2D eigenvalue weighted by molar-refractivity contribution is 7.91. The van der Waals surface area contributed by atoms with E-state index in [1.54, 1.807) is 7.11 Å². The van der Waals surface area contributed by atoms with E-state index < -0.39 is 15.3 Å². The van der Waals surface area contributed by atoms with Crippen molar-refractivity contribution in [1.82, 2.24) is 0 Å².